The van der Waals surface area contributed by atoms with Gasteiger partial charge in [-0.05, 0) is 38.0 Å². The van der Waals surface area contributed by atoms with Gasteiger partial charge in [0.15, 0.2) is 0 Å². The van der Waals surface area contributed by atoms with Gasteiger partial charge in [-0.25, -0.2) is 0 Å². The van der Waals surface area contributed by atoms with Crippen molar-refractivity contribution in [2.75, 3.05) is 20.6 Å². The second-order valence-electron chi connectivity index (χ2n) is 4.89. The number of aromatic nitrogens is 2. The van der Waals surface area contributed by atoms with Crippen LogP contribution in [0.4, 0.5) is 0 Å². The van der Waals surface area contributed by atoms with E-state index >= 15 is 0 Å². The third-order valence-corrected chi connectivity index (χ3v) is 3.77. The van der Waals surface area contributed by atoms with Crippen LogP contribution in [0, 0.1) is 5.92 Å². The minimum atomic E-state index is -0.0608. The number of rotatable bonds is 6. The summed E-state index contributed by atoms with van der Waals surface area (Å²) in [5.74, 6) is 0.430. The molecule has 1 unspecified atom stereocenters. The molecule has 0 spiro atoms. The summed E-state index contributed by atoms with van der Waals surface area (Å²) in [6.07, 6.45) is 0.737. The molecule has 102 valence electrons. The van der Waals surface area contributed by atoms with Gasteiger partial charge in [0.25, 0.3) is 5.91 Å². The van der Waals surface area contributed by atoms with Crippen molar-refractivity contribution in [1.29, 1.82) is 0 Å². The molecular formula is C12H22N4OS. The highest BCUT2D eigenvalue weighted by Gasteiger charge is 2.19. The molecule has 1 atom stereocenters. The zero-order valence-electron chi connectivity index (χ0n) is 11.7. The molecule has 1 aromatic rings. The summed E-state index contributed by atoms with van der Waals surface area (Å²) in [5, 5.41) is 6.92. The minimum Gasteiger partial charge on any atom is -0.350 e. The Kier molecular flexibility index (Phi) is 5.68. The molecule has 1 N–H and O–H groups in total. The van der Waals surface area contributed by atoms with E-state index in [1.807, 2.05) is 21.0 Å². The summed E-state index contributed by atoms with van der Waals surface area (Å²) in [7, 11) is 4.06. The molecule has 6 heteroatoms. The van der Waals surface area contributed by atoms with Crippen molar-refractivity contribution in [2.45, 2.75) is 33.2 Å². The highest BCUT2D eigenvalue weighted by Crippen LogP contribution is 2.11. The van der Waals surface area contributed by atoms with Gasteiger partial charge in [0.2, 0.25) is 0 Å². The summed E-state index contributed by atoms with van der Waals surface area (Å²) in [5.41, 5.74) is 0.781. The average molecular weight is 270 g/mol. The predicted octanol–water partition coefficient (Wildman–Crippen LogP) is 1.42. The van der Waals surface area contributed by atoms with Crippen LogP contribution in [-0.4, -0.2) is 47.1 Å². The molecule has 0 radical (unpaired) electrons. The highest BCUT2D eigenvalue weighted by molar-refractivity contribution is 7.08. The lowest BCUT2D eigenvalue weighted by Gasteiger charge is -2.27. The second-order valence-corrected chi connectivity index (χ2v) is 5.64. The Bertz CT molecular complexity index is 381. The number of amides is 1. The van der Waals surface area contributed by atoms with Gasteiger partial charge in [0, 0.05) is 12.6 Å². The van der Waals surface area contributed by atoms with Crippen LogP contribution in [0.25, 0.3) is 0 Å². The number of hydrogen-bond acceptors (Lipinski definition) is 5. The molecular weight excluding hydrogens is 248 g/mol. The summed E-state index contributed by atoms with van der Waals surface area (Å²) < 4.78 is 3.83. The lowest BCUT2D eigenvalue weighted by Crippen LogP contribution is -2.43. The van der Waals surface area contributed by atoms with Crippen molar-refractivity contribution in [3.05, 3.63) is 10.6 Å². The van der Waals surface area contributed by atoms with E-state index in [1.165, 1.54) is 0 Å². The van der Waals surface area contributed by atoms with Crippen molar-refractivity contribution in [3.8, 4) is 0 Å². The molecule has 0 saturated heterocycles. The summed E-state index contributed by atoms with van der Waals surface area (Å²) in [4.78, 5) is 14.8. The summed E-state index contributed by atoms with van der Waals surface area (Å²) >= 11 is 1.16. The third kappa shape index (κ3) is 3.74. The zero-order chi connectivity index (χ0) is 13.7. The van der Waals surface area contributed by atoms with E-state index in [9.17, 15) is 4.79 Å². The van der Waals surface area contributed by atoms with Gasteiger partial charge in [-0.15, -0.1) is 5.10 Å². The van der Waals surface area contributed by atoms with E-state index in [4.69, 9.17) is 0 Å². The molecule has 0 saturated carbocycles. The van der Waals surface area contributed by atoms with Gasteiger partial charge < -0.3 is 10.2 Å². The summed E-state index contributed by atoms with van der Waals surface area (Å²) in [6.45, 7) is 6.93. The predicted molar refractivity (Wildman–Crippen MR) is 73.9 cm³/mol. The summed E-state index contributed by atoms with van der Waals surface area (Å²) in [6, 6.07) is 0.333. The Labute approximate surface area is 113 Å². The minimum absolute atomic E-state index is 0.0608. The number of nitrogens with zero attached hydrogens (tertiary/aromatic N) is 3. The lowest BCUT2D eigenvalue weighted by molar-refractivity contribution is 0.0937. The topological polar surface area (TPSA) is 58.1 Å². The standard InChI is InChI=1S/C12H22N4OS/c1-6-9-11(18-15-14-9)12(17)13-7-10(8(2)3)16(4)5/h8,10H,6-7H2,1-5H3,(H,13,17). The molecule has 18 heavy (non-hydrogen) atoms. The fourth-order valence-corrected chi connectivity index (χ4v) is 2.57. The van der Waals surface area contributed by atoms with Crippen molar-refractivity contribution in [3.63, 3.8) is 0 Å². The molecule has 0 fully saturated rings. The zero-order valence-corrected chi connectivity index (χ0v) is 12.5. The molecule has 0 aromatic carbocycles. The number of carbonyl (C=O) groups excluding carboxylic acids is 1. The fourth-order valence-electron chi connectivity index (χ4n) is 1.90. The molecule has 0 aliphatic rings. The second kappa shape index (κ2) is 6.80. The van der Waals surface area contributed by atoms with Gasteiger partial charge in [-0.1, -0.05) is 25.3 Å². The number of aryl methyl sites for hydroxylation is 1. The molecule has 0 bridgehead atoms. The first-order chi connectivity index (χ1) is 8.47. The maximum atomic E-state index is 12.0. The van der Waals surface area contributed by atoms with Crippen LogP contribution >= 0.6 is 11.5 Å². The Balaban J connectivity index is 2.60. The quantitative estimate of drug-likeness (QED) is 0.849. The number of likely N-dealkylation sites (N-methyl/N-ethyl adjacent to an activating group) is 1. The largest absolute Gasteiger partial charge is 0.350 e. The Morgan fingerprint density at radius 3 is 2.61 bits per heavy atom. The van der Waals surface area contributed by atoms with Crippen LogP contribution in [-0.2, 0) is 6.42 Å². The SMILES string of the molecule is CCc1nnsc1C(=O)NCC(C(C)C)N(C)C. The fraction of sp³-hybridized carbons (Fsp3) is 0.750. The van der Waals surface area contributed by atoms with E-state index in [0.29, 0.717) is 23.4 Å². The molecule has 1 heterocycles. The van der Waals surface area contributed by atoms with E-state index < -0.39 is 0 Å². The Morgan fingerprint density at radius 2 is 2.11 bits per heavy atom. The van der Waals surface area contributed by atoms with Crippen molar-refractivity contribution in [2.24, 2.45) is 5.92 Å². The maximum absolute atomic E-state index is 12.0. The Hall–Kier alpha value is -1.01. The number of nitrogens with one attached hydrogen (secondary N) is 1. The number of hydrogen-bond donors (Lipinski definition) is 1. The lowest BCUT2D eigenvalue weighted by atomic mass is 10.0. The average Bonchev–Trinajstić information content (AvgIpc) is 2.75. The van der Waals surface area contributed by atoms with Crippen LogP contribution in [0.15, 0.2) is 0 Å². The Morgan fingerprint density at radius 1 is 1.44 bits per heavy atom. The van der Waals surface area contributed by atoms with Crippen LogP contribution < -0.4 is 5.32 Å². The van der Waals surface area contributed by atoms with Crippen LogP contribution in [0.2, 0.25) is 0 Å². The normalized spacial score (nSPS) is 13.1. The molecule has 0 aliphatic heterocycles. The molecule has 0 aliphatic carbocycles. The van der Waals surface area contributed by atoms with Crippen LogP contribution in [0.1, 0.15) is 36.1 Å². The van der Waals surface area contributed by atoms with Crippen molar-refractivity contribution < 1.29 is 4.79 Å². The molecule has 1 rings (SSSR count). The van der Waals surface area contributed by atoms with Gasteiger partial charge in [0.1, 0.15) is 4.88 Å². The first kappa shape index (κ1) is 15.0. The van der Waals surface area contributed by atoms with E-state index in [0.717, 1.165) is 23.6 Å². The smallest absolute Gasteiger partial charge is 0.265 e. The number of carbonyl (C=O) groups is 1. The van der Waals surface area contributed by atoms with Crippen LogP contribution in [0.5, 0.6) is 0 Å². The van der Waals surface area contributed by atoms with Gasteiger partial charge in [-0.2, -0.15) is 0 Å². The molecule has 1 amide bonds. The van der Waals surface area contributed by atoms with Crippen LogP contribution in [0.3, 0.4) is 0 Å². The third-order valence-electron chi connectivity index (χ3n) is 3.00. The first-order valence-electron chi connectivity index (χ1n) is 6.23. The molecule has 1 aromatic heterocycles. The maximum Gasteiger partial charge on any atom is 0.265 e. The van der Waals surface area contributed by atoms with Gasteiger partial charge >= 0.3 is 0 Å². The van der Waals surface area contributed by atoms with E-state index in [2.05, 4.69) is 33.7 Å². The highest BCUT2D eigenvalue weighted by atomic mass is 32.1. The monoisotopic (exact) mass is 270 g/mol. The van der Waals surface area contributed by atoms with E-state index in [-0.39, 0.29) is 5.91 Å². The van der Waals surface area contributed by atoms with Crippen molar-refractivity contribution >= 4 is 17.4 Å². The molecule has 5 nitrogen and oxygen atoms in total. The first-order valence-corrected chi connectivity index (χ1v) is 7.00. The van der Waals surface area contributed by atoms with Gasteiger partial charge in [0.05, 0.1) is 5.69 Å². The van der Waals surface area contributed by atoms with E-state index in [1.54, 1.807) is 0 Å². The van der Waals surface area contributed by atoms with Gasteiger partial charge in [-0.3, -0.25) is 4.79 Å². The van der Waals surface area contributed by atoms with Crippen molar-refractivity contribution in [1.82, 2.24) is 19.8 Å².